The van der Waals surface area contributed by atoms with Crippen LogP contribution >= 0.6 is 15.9 Å². The van der Waals surface area contributed by atoms with Crippen LogP contribution in [0.1, 0.15) is 16.1 Å². The predicted octanol–water partition coefficient (Wildman–Crippen LogP) is 2.78. The molecule has 0 aliphatic heterocycles. The lowest BCUT2D eigenvalue weighted by atomic mass is 10.2. The van der Waals surface area contributed by atoms with Crippen LogP contribution < -0.4 is 5.32 Å². The molecule has 0 radical (unpaired) electrons. The number of anilines is 1. The molecule has 1 heterocycles. The molecule has 0 spiro atoms. The number of hydrogen-bond donors (Lipinski definition) is 2. The zero-order valence-corrected chi connectivity index (χ0v) is 11.7. The highest BCUT2D eigenvalue weighted by molar-refractivity contribution is 9.10. The van der Waals surface area contributed by atoms with Crippen molar-refractivity contribution in [2.45, 2.75) is 6.92 Å². The fourth-order valence-corrected chi connectivity index (χ4v) is 2.01. The molecule has 1 aromatic carbocycles. The minimum atomic E-state index is -0.759. The fraction of sp³-hybridized carbons (Fsp3) is 0.0909. The molecule has 1 aromatic heterocycles. The van der Waals surface area contributed by atoms with E-state index in [1.807, 2.05) is 0 Å². The highest BCUT2D eigenvalue weighted by Gasteiger charge is 2.25. The van der Waals surface area contributed by atoms with Crippen molar-refractivity contribution < 1.29 is 14.1 Å². The normalized spacial score (nSPS) is 10.3. The number of carbonyl (C=O) groups is 1. The number of benzene rings is 1. The van der Waals surface area contributed by atoms with Gasteiger partial charge in [-0.15, -0.1) is 5.10 Å². The van der Waals surface area contributed by atoms with Gasteiger partial charge in [0.15, 0.2) is 5.69 Å². The number of amides is 1. The van der Waals surface area contributed by atoms with Crippen LogP contribution in [0.15, 0.2) is 22.7 Å². The minimum Gasteiger partial charge on any atom is -0.358 e. The summed E-state index contributed by atoms with van der Waals surface area (Å²) in [5, 5.41) is 18.6. The second-order valence-corrected chi connectivity index (χ2v) is 4.72. The Kier molecular flexibility index (Phi) is 3.79. The monoisotopic (exact) mass is 342 g/mol. The molecule has 2 rings (SSSR count). The molecule has 0 aliphatic carbocycles. The van der Waals surface area contributed by atoms with Crippen LogP contribution in [0.25, 0.3) is 0 Å². The van der Waals surface area contributed by atoms with Crippen molar-refractivity contribution in [1.29, 1.82) is 0 Å². The van der Waals surface area contributed by atoms with Gasteiger partial charge in [0.05, 0.1) is 5.69 Å². The molecule has 0 fully saturated rings. The van der Waals surface area contributed by atoms with Gasteiger partial charge in [0, 0.05) is 0 Å². The minimum absolute atomic E-state index is 0.0208. The van der Waals surface area contributed by atoms with Gasteiger partial charge in [0.2, 0.25) is 0 Å². The van der Waals surface area contributed by atoms with E-state index < -0.39 is 22.5 Å². The molecular formula is C11H8BrFN4O3. The SMILES string of the molecule is Cc1ccc(F)c(NC(=O)c2n[nH]c([N+](=O)[O-])c2Br)c1. The Morgan fingerprint density at radius 3 is 2.85 bits per heavy atom. The standard InChI is InChI=1S/C11H8BrFN4O3/c1-5-2-3-6(13)7(4-5)14-11(18)9-8(12)10(16-15-9)17(19)20/h2-4H,1H3,(H,14,18)(H,15,16). The van der Waals surface area contributed by atoms with Crippen molar-refractivity contribution in [3.8, 4) is 0 Å². The molecule has 0 saturated carbocycles. The fourth-order valence-electron chi connectivity index (χ4n) is 1.51. The highest BCUT2D eigenvalue weighted by Crippen LogP contribution is 2.26. The number of nitrogens with zero attached hydrogens (tertiary/aromatic N) is 2. The van der Waals surface area contributed by atoms with Gasteiger partial charge in [-0.25, -0.2) is 4.39 Å². The van der Waals surface area contributed by atoms with Crippen LogP contribution in [-0.4, -0.2) is 21.0 Å². The van der Waals surface area contributed by atoms with Gasteiger partial charge in [-0.05, 0) is 45.5 Å². The Labute approximate surface area is 120 Å². The summed E-state index contributed by atoms with van der Waals surface area (Å²) in [6, 6.07) is 4.22. The van der Waals surface area contributed by atoms with Gasteiger partial charge in [-0.2, -0.15) is 0 Å². The average molecular weight is 343 g/mol. The average Bonchev–Trinajstić information content (AvgIpc) is 2.76. The van der Waals surface area contributed by atoms with Gasteiger partial charge < -0.3 is 15.4 Å². The summed E-state index contributed by atoms with van der Waals surface area (Å²) in [7, 11) is 0. The van der Waals surface area contributed by atoms with Crippen molar-refractivity contribution in [2.24, 2.45) is 0 Å². The maximum atomic E-state index is 13.5. The van der Waals surface area contributed by atoms with Crippen molar-refractivity contribution in [3.05, 3.63) is 49.9 Å². The number of H-pyrrole nitrogens is 1. The molecule has 0 aliphatic rings. The summed E-state index contributed by atoms with van der Waals surface area (Å²) in [5.41, 5.74) is 0.513. The largest absolute Gasteiger partial charge is 0.358 e. The molecule has 0 unspecified atom stereocenters. The van der Waals surface area contributed by atoms with Crippen molar-refractivity contribution >= 4 is 33.3 Å². The van der Waals surface area contributed by atoms with Gasteiger partial charge in [-0.3, -0.25) is 4.79 Å². The van der Waals surface area contributed by atoms with Gasteiger partial charge in [-0.1, -0.05) is 11.2 Å². The quantitative estimate of drug-likeness (QED) is 0.661. The number of aromatic amines is 1. The summed E-state index contributed by atoms with van der Waals surface area (Å²) in [6.45, 7) is 1.74. The zero-order valence-electron chi connectivity index (χ0n) is 10.1. The van der Waals surface area contributed by atoms with E-state index in [9.17, 15) is 19.3 Å². The number of carbonyl (C=O) groups excluding carboxylic acids is 1. The van der Waals surface area contributed by atoms with E-state index in [1.165, 1.54) is 12.1 Å². The van der Waals surface area contributed by atoms with Gasteiger partial charge in [0.1, 0.15) is 10.3 Å². The van der Waals surface area contributed by atoms with Gasteiger partial charge >= 0.3 is 5.82 Å². The van der Waals surface area contributed by atoms with E-state index >= 15 is 0 Å². The number of aromatic nitrogens is 2. The molecule has 0 atom stereocenters. The molecular weight excluding hydrogens is 335 g/mol. The number of aryl methyl sites for hydroxylation is 1. The third-order valence-corrected chi connectivity index (χ3v) is 3.21. The smallest absolute Gasteiger partial charge is 0.357 e. The first-order valence-electron chi connectivity index (χ1n) is 5.36. The lowest BCUT2D eigenvalue weighted by Gasteiger charge is -2.05. The summed E-state index contributed by atoms with van der Waals surface area (Å²) >= 11 is 2.91. The summed E-state index contributed by atoms with van der Waals surface area (Å²) in [6.07, 6.45) is 0. The molecule has 9 heteroatoms. The molecule has 0 saturated heterocycles. The van der Waals surface area contributed by atoms with E-state index in [4.69, 9.17) is 0 Å². The second kappa shape index (κ2) is 5.37. The first-order chi connectivity index (χ1) is 9.40. The Morgan fingerprint density at radius 1 is 1.55 bits per heavy atom. The third-order valence-electron chi connectivity index (χ3n) is 2.46. The lowest BCUT2D eigenvalue weighted by molar-refractivity contribution is -0.390. The van der Waals surface area contributed by atoms with Crippen LogP contribution in [0.2, 0.25) is 0 Å². The van der Waals surface area contributed by atoms with E-state index in [-0.39, 0.29) is 15.9 Å². The summed E-state index contributed by atoms with van der Waals surface area (Å²) in [4.78, 5) is 21.8. The molecule has 0 bridgehead atoms. The van der Waals surface area contributed by atoms with E-state index in [1.54, 1.807) is 13.0 Å². The van der Waals surface area contributed by atoms with Crippen molar-refractivity contribution in [2.75, 3.05) is 5.32 Å². The van der Waals surface area contributed by atoms with Crippen molar-refractivity contribution in [3.63, 3.8) is 0 Å². The lowest BCUT2D eigenvalue weighted by Crippen LogP contribution is -2.14. The summed E-state index contributed by atoms with van der Waals surface area (Å²) in [5.74, 6) is -1.81. The molecule has 2 N–H and O–H groups in total. The Morgan fingerprint density at radius 2 is 2.25 bits per heavy atom. The van der Waals surface area contributed by atoms with Gasteiger partial charge in [0.25, 0.3) is 5.91 Å². The number of hydrogen-bond acceptors (Lipinski definition) is 4. The maximum absolute atomic E-state index is 13.5. The Hall–Kier alpha value is -2.29. The zero-order chi connectivity index (χ0) is 14.9. The van der Waals surface area contributed by atoms with Crippen molar-refractivity contribution in [1.82, 2.24) is 10.2 Å². The maximum Gasteiger partial charge on any atom is 0.357 e. The predicted molar refractivity (Wildman–Crippen MR) is 72.0 cm³/mol. The first-order valence-corrected chi connectivity index (χ1v) is 6.15. The van der Waals surface area contributed by atoms with E-state index in [2.05, 4.69) is 31.4 Å². The van der Waals surface area contributed by atoms with E-state index in [0.29, 0.717) is 0 Å². The summed E-state index contributed by atoms with van der Waals surface area (Å²) < 4.78 is 13.4. The molecule has 1 amide bonds. The number of nitrogens with one attached hydrogen (secondary N) is 2. The molecule has 104 valence electrons. The molecule has 20 heavy (non-hydrogen) atoms. The number of rotatable bonds is 3. The molecule has 2 aromatic rings. The van der Waals surface area contributed by atoms with Crippen LogP contribution in [0.5, 0.6) is 0 Å². The van der Waals surface area contributed by atoms with E-state index in [0.717, 1.165) is 5.56 Å². The van der Waals surface area contributed by atoms with Crippen LogP contribution in [0, 0.1) is 22.9 Å². The van der Waals surface area contributed by atoms with Crippen LogP contribution in [0.3, 0.4) is 0 Å². The number of nitro groups is 1. The van der Waals surface area contributed by atoms with Crippen LogP contribution in [-0.2, 0) is 0 Å². The Balaban J connectivity index is 2.29. The topological polar surface area (TPSA) is 101 Å². The number of halogens is 2. The Bertz CT molecular complexity index is 701. The third kappa shape index (κ3) is 2.67. The van der Waals surface area contributed by atoms with Crippen LogP contribution in [0.4, 0.5) is 15.9 Å². The highest BCUT2D eigenvalue weighted by atomic mass is 79.9. The first kappa shape index (κ1) is 14.1. The molecule has 7 nitrogen and oxygen atoms in total. The second-order valence-electron chi connectivity index (χ2n) is 3.93.